The molecule has 0 aromatic carbocycles. The highest BCUT2D eigenvalue weighted by molar-refractivity contribution is 6.00. The Morgan fingerprint density at radius 2 is 2.22 bits per heavy atom. The van der Waals surface area contributed by atoms with Crippen LogP contribution in [0.2, 0.25) is 0 Å². The van der Waals surface area contributed by atoms with Gasteiger partial charge < -0.3 is 10.4 Å². The van der Waals surface area contributed by atoms with Crippen molar-refractivity contribution in [1.82, 2.24) is 20.2 Å². The number of nitrogens with one attached hydrogen (secondary N) is 2. The number of aliphatic hydroxyl groups excluding tert-OH is 1. The first-order valence-corrected chi connectivity index (χ1v) is 6.85. The third kappa shape index (κ3) is 2.64. The van der Waals surface area contributed by atoms with Gasteiger partial charge in [-0.3, -0.25) is 20.1 Å². The molecular formula is C15H14FN5O2. The molecule has 2 aromatic rings. The minimum Gasteiger partial charge on any atom is -0.381 e. The summed E-state index contributed by atoms with van der Waals surface area (Å²) in [5, 5.41) is 20.6. The number of rotatable bonds is 2. The summed E-state index contributed by atoms with van der Waals surface area (Å²) < 4.78 is 13.8. The SMILES string of the molecule is CN1C(=N)N[C@H](c2cncc(-c3cccnc3F)c2)[C@@H](O)C1=O. The van der Waals surface area contributed by atoms with E-state index < -0.39 is 24.0 Å². The molecule has 0 spiro atoms. The van der Waals surface area contributed by atoms with Crippen LogP contribution < -0.4 is 5.32 Å². The van der Waals surface area contributed by atoms with Crippen LogP contribution in [-0.4, -0.2) is 45.0 Å². The first kappa shape index (κ1) is 15.0. The lowest BCUT2D eigenvalue weighted by atomic mass is 9.97. The summed E-state index contributed by atoms with van der Waals surface area (Å²) in [6.07, 6.45) is 2.92. The van der Waals surface area contributed by atoms with Crippen LogP contribution in [0.5, 0.6) is 0 Å². The van der Waals surface area contributed by atoms with E-state index in [0.29, 0.717) is 11.1 Å². The molecule has 2 atom stereocenters. The monoisotopic (exact) mass is 315 g/mol. The number of amides is 1. The predicted molar refractivity (Wildman–Crippen MR) is 79.8 cm³/mol. The second-order valence-electron chi connectivity index (χ2n) is 5.16. The zero-order valence-corrected chi connectivity index (χ0v) is 12.2. The van der Waals surface area contributed by atoms with Crippen LogP contribution in [-0.2, 0) is 4.79 Å². The molecule has 3 heterocycles. The molecule has 1 fully saturated rings. The molecule has 0 aliphatic carbocycles. The van der Waals surface area contributed by atoms with Gasteiger partial charge in [0.05, 0.1) is 6.04 Å². The molecule has 0 radical (unpaired) electrons. The summed E-state index contributed by atoms with van der Waals surface area (Å²) in [4.78, 5) is 20.6. The Morgan fingerprint density at radius 1 is 1.43 bits per heavy atom. The summed E-state index contributed by atoms with van der Waals surface area (Å²) in [5.41, 5.74) is 1.22. The standard InChI is InChI=1S/C15H14FN5O2/c1-21-14(23)12(22)11(20-15(21)17)9-5-8(6-18-7-9)10-3-2-4-19-13(10)16/h2-7,11-12,22H,1H3,(H2,17,20)/t11-,12-/m1/s1. The second-order valence-corrected chi connectivity index (χ2v) is 5.16. The largest absolute Gasteiger partial charge is 0.381 e. The van der Waals surface area contributed by atoms with Crippen LogP contribution in [0.15, 0.2) is 36.8 Å². The van der Waals surface area contributed by atoms with Crippen LogP contribution >= 0.6 is 0 Å². The summed E-state index contributed by atoms with van der Waals surface area (Å²) >= 11 is 0. The van der Waals surface area contributed by atoms with Crippen LogP contribution in [0.25, 0.3) is 11.1 Å². The van der Waals surface area contributed by atoms with Gasteiger partial charge in [-0.1, -0.05) is 0 Å². The average Bonchev–Trinajstić information content (AvgIpc) is 2.57. The van der Waals surface area contributed by atoms with E-state index in [1.165, 1.54) is 25.6 Å². The van der Waals surface area contributed by atoms with E-state index in [9.17, 15) is 14.3 Å². The molecule has 0 unspecified atom stereocenters. The fourth-order valence-electron chi connectivity index (χ4n) is 2.42. The third-order valence-corrected chi connectivity index (χ3v) is 3.72. The Balaban J connectivity index is 1.99. The number of nitrogens with zero attached hydrogens (tertiary/aromatic N) is 3. The zero-order valence-electron chi connectivity index (χ0n) is 12.2. The molecule has 3 rings (SSSR count). The van der Waals surface area contributed by atoms with E-state index in [0.717, 1.165) is 4.90 Å². The molecule has 8 heteroatoms. The first-order valence-electron chi connectivity index (χ1n) is 6.85. The van der Waals surface area contributed by atoms with Crippen molar-refractivity contribution in [2.24, 2.45) is 0 Å². The van der Waals surface area contributed by atoms with Gasteiger partial charge in [0.2, 0.25) is 5.95 Å². The number of hydrogen-bond donors (Lipinski definition) is 3. The number of aromatic nitrogens is 2. The topological polar surface area (TPSA) is 102 Å². The van der Waals surface area contributed by atoms with Gasteiger partial charge in [0.15, 0.2) is 12.1 Å². The third-order valence-electron chi connectivity index (χ3n) is 3.72. The zero-order chi connectivity index (χ0) is 16.6. The van der Waals surface area contributed by atoms with Crippen molar-refractivity contribution in [3.63, 3.8) is 0 Å². The van der Waals surface area contributed by atoms with E-state index >= 15 is 0 Å². The van der Waals surface area contributed by atoms with Crippen molar-refractivity contribution in [3.05, 3.63) is 48.3 Å². The number of pyridine rings is 2. The summed E-state index contributed by atoms with van der Waals surface area (Å²) in [6, 6.07) is 3.96. The molecule has 2 aromatic heterocycles. The Hall–Kier alpha value is -2.87. The van der Waals surface area contributed by atoms with Crippen molar-refractivity contribution in [1.29, 1.82) is 5.41 Å². The first-order chi connectivity index (χ1) is 11.0. The van der Waals surface area contributed by atoms with Gasteiger partial charge in [-0.05, 0) is 23.8 Å². The fraction of sp³-hybridized carbons (Fsp3) is 0.200. The van der Waals surface area contributed by atoms with Crippen molar-refractivity contribution in [3.8, 4) is 11.1 Å². The fourth-order valence-corrected chi connectivity index (χ4v) is 2.42. The Labute approximate surface area is 131 Å². The van der Waals surface area contributed by atoms with Crippen molar-refractivity contribution < 1.29 is 14.3 Å². The van der Waals surface area contributed by atoms with Gasteiger partial charge in [-0.25, -0.2) is 4.98 Å². The van der Waals surface area contributed by atoms with Crippen molar-refractivity contribution in [2.45, 2.75) is 12.1 Å². The average molecular weight is 315 g/mol. The highest BCUT2D eigenvalue weighted by atomic mass is 19.1. The number of carbonyl (C=O) groups is 1. The van der Waals surface area contributed by atoms with Crippen LogP contribution in [0.3, 0.4) is 0 Å². The Bertz CT molecular complexity index is 782. The maximum Gasteiger partial charge on any atom is 0.260 e. The lowest BCUT2D eigenvalue weighted by Gasteiger charge is -2.34. The molecule has 0 saturated carbocycles. The molecule has 3 N–H and O–H groups in total. The molecular weight excluding hydrogens is 301 g/mol. The summed E-state index contributed by atoms with van der Waals surface area (Å²) in [5.74, 6) is -1.34. The number of aliphatic hydroxyl groups is 1. The van der Waals surface area contributed by atoms with Gasteiger partial charge in [-0.15, -0.1) is 0 Å². The van der Waals surface area contributed by atoms with Gasteiger partial charge in [0.1, 0.15) is 0 Å². The lowest BCUT2D eigenvalue weighted by molar-refractivity contribution is -0.138. The van der Waals surface area contributed by atoms with E-state index in [-0.39, 0.29) is 11.5 Å². The molecule has 23 heavy (non-hydrogen) atoms. The molecule has 0 bridgehead atoms. The van der Waals surface area contributed by atoms with Crippen LogP contribution in [0.4, 0.5) is 4.39 Å². The maximum absolute atomic E-state index is 13.8. The van der Waals surface area contributed by atoms with E-state index in [2.05, 4.69) is 15.3 Å². The Kier molecular flexibility index (Phi) is 3.75. The highest BCUT2D eigenvalue weighted by Gasteiger charge is 2.37. The number of hydrogen-bond acceptors (Lipinski definition) is 5. The normalized spacial score (nSPS) is 21.3. The smallest absolute Gasteiger partial charge is 0.260 e. The maximum atomic E-state index is 13.8. The predicted octanol–water partition coefficient (Wildman–Crippen LogP) is 0.681. The lowest BCUT2D eigenvalue weighted by Crippen LogP contribution is -2.57. The number of carbonyl (C=O) groups excluding carboxylic acids is 1. The molecule has 7 nitrogen and oxygen atoms in total. The molecule has 1 saturated heterocycles. The quantitative estimate of drug-likeness (QED) is 0.707. The molecule has 1 aliphatic rings. The number of halogens is 1. The van der Waals surface area contributed by atoms with Gasteiger partial charge in [-0.2, -0.15) is 4.39 Å². The Morgan fingerprint density at radius 3 is 2.96 bits per heavy atom. The van der Waals surface area contributed by atoms with E-state index in [1.807, 2.05) is 0 Å². The minimum atomic E-state index is -1.36. The van der Waals surface area contributed by atoms with Crippen LogP contribution in [0.1, 0.15) is 11.6 Å². The number of likely N-dealkylation sites (N-methyl/N-ethyl adjacent to an activating group) is 1. The van der Waals surface area contributed by atoms with Crippen LogP contribution in [0, 0.1) is 11.4 Å². The summed E-state index contributed by atoms with van der Waals surface area (Å²) in [6.45, 7) is 0. The van der Waals surface area contributed by atoms with Gasteiger partial charge in [0, 0.05) is 36.8 Å². The molecule has 118 valence electrons. The molecule has 1 amide bonds. The number of guanidine groups is 1. The van der Waals surface area contributed by atoms with Crippen molar-refractivity contribution >= 4 is 11.9 Å². The van der Waals surface area contributed by atoms with E-state index in [1.54, 1.807) is 18.2 Å². The van der Waals surface area contributed by atoms with Gasteiger partial charge in [0.25, 0.3) is 5.91 Å². The van der Waals surface area contributed by atoms with E-state index in [4.69, 9.17) is 5.41 Å². The summed E-state index contributed by atoms with van der Waals surface area (Å²) in [7, 11) is 1.40. The minimum absolute atomic E-state index is 0.122. The van der Waals surface area contributed by atoms with Crippen molar-refractivity contribution in [2.75, 3.05) is 7.05 Å². The van der Waals surface area contributed by atoms with Gasteiger partial charge >= 0.3 is 0 Å². The molecule has 1 aliphatic heterocycles. The second kappa shape index (κ2) is 5.73. The highest BCUT2D eigenvalue weighted by Crippen LogP contribution is 2.27.